The predicted molar refractivity (Wildman–Crippen MR) is 172 cm³/mol. The summed E-state index contributed by atoms with van der Waals surface area (Å²) >= 11 is 0. The molecule has 9 heteroatoms. The molecule has 1 fully saturated rings. The molecule has 42 heavy (non-hydrogen) atoms. The number of para-hydroxylation sites is 1. The molecule has 3 heterocycles. The number of benzene rings is 2. The van der Waals surface area contributed by atoms with Crippen LogP contribution in [0.25, 0.3) is 22.4 Å². The molecule has 0 atom stereocenters. The summed E-state index contributed by atoms with van der Waals surface area (Å²) in [6.45, 7) is 13.9. The van der Waals surface area contributed by atoms with Crippen LogP contribution in [0, 0.1) is 0 Å². The summed E-state index contributed by atoms with van der Waals surface area (Å²) in [6, 6.07) is 17.7. The Bertz CT molecular complexity index is 1480. The largest absolute Gasteiger partial charge is 0.370 e. The summed E-state index contributed by atoms with van der Waals surface area (Å²) < 4.78 is 0. The summed E-state index contributed by atoms with van der Waals surface area (Å²) in [5.41, 5.74) is 5.27. The Labute approximate surface area is 249 Å². The van der Waals surface area contributed by atoms with Gasteiger partial charge < -0.3 is 20.5 Å². The number of H-pyrrole nitrogens is 1. The number of nitrogens with one attached hydrogen (secondary N) is 3. The van der Waals surface area contributed by atoms with Crippen molar-refractivity contribution in [3.63, 3.8) is 0 Å². The Morgan fingerprint density at radius 2 is 1.79 bits per heavy atom. The minimum Gasteiger partial charge on any atom is -0.370 e. The molecule has 1 aliphatic heterocycles. The van der Waals surface area contributed by atoms with E-state index in [1.807, 2.05) is 42.5 Å². The van der Waals surface area contributed by atoms with Gasteiger partial charge in [0, 0.05) is 62.1 Å². The lowest BCUT2D eigenvalue weighted by atomic mass is 10.0. The smallest absolute Gasteiger partial charge is 0.255 e. The molecular formula is C33H44N8O. The fraction of sp³-hybridized carbons (Fsp3) is 0.424. The Balaban J connectivity index is 1.21. The maximum absolute atomic E-state index is 13.2. The van der Waals surface area contributed by atoms with Gasteiger partial charge in [0.05, 0.1) is 11.2 Å². The molecule has 4 aromatic rings. The second kappa shape index (κ2) is 13.0. The summed E-state index contributed by atoms with van der Waals surface area (Å²) in [7, 11) is 4.15. The second-order valence-corrected chi connectivity index (χ2v) is 12.4. The fourth-order valence-electron chi connectivity index (χ4n) is 5.35. The topological polar surface area (TPSA) is 92.4 Å². The molecule has 5 rings (SSSR count). The number of carbonyl (C=O) groups is 1. The number of piperazine rings is 1. The van der Waals surface area contributed by atoms with Crippen LogP contribution in [0.2, 0.25) is 0 Å². The van der Waals surface area contributed by atoms with Gasteiger partial charge in [-0.2, -0.15) is 0 Å². The molecule has 1 saturated heterocycles. The molecule has 2 aromatic carbocycles. The molecule has 0 spiro atoms. The van der Waals surface area contributed by atoms with Gasteiger partial charge in [-0.05, 0) is 89.8 Å². The van der Waals surface area contributed by atoms with Crippen molar-refractivity contribution in [1.29, 1.82) is 0 Å². The Hall–Kier alpha value is -3.79. The third-order valence-corrected chi connectivity index (χ3v) is 7.83. The highest BCUT2D eigenvalue weighted by Gasteiger charge is 2.25. The molecule has 0 unspecified atom stereocenters. The highest BCUT2D eigenvalue weighted by atomic mass is 16.1. The minimum atomic E-state index is -0.148. The van der Waals surface area contributed by atoms with Gasteiger partial charge in [-0.3, -0.25) is 14.6 Å². The van der Waals surface area contributed by atoms with E-state index in [1.54, 1.807) is 6.20 Å². The molecule has 2 aromatic heterocycles. The van der Waals surface area contributed by atoms with E-state index in [-0.39, 0.29) is 11.4 Å². The van der Waals surface area contributed by atoms with Crippen LogP contribution < -0.4 is 10.6 Å². The molecule has 1 aliphatic rings. The number of aromatic nitrogens is 3. The maximum atomic E-state index is 13.2. The van der Waals surface area contributed by atoms with Crippen LogP contribution in [-0.2, 0) is 6.54 Å². The van der Waals surface area contributed by atoms with E-state index in [2.05, 4.69) is 82.3 Å². The highest BCUT2D eigenvalue weighted by Crippen LogP contribution is 2.27. The Morgan fingerprint density at radius 3 is 2.50 bits per heavy atom. The van der Waals surface area contributed by atoms with E-state index in [0.717, 1.165) is 80.5 Å². The van der Waals surface area contributed by atoms with Crippen LogP contribution in [0.1, 0.15) is 43.1 Å². The SMILES string of the molecule is CN(C)CCCNc1cc(-c2nc3c(NC(=O)c4ccc(CN5CCN(C(C)(C)C)CC5)cc4)cccc3[nH]2)ccn1. The van der Waals surface area contributed by atoms with Gasteiger partial charge in [0.1, 0.15) is 17.2 Å². The van der Waals surface area contributed by atoms with Gasteiger partial charge >= 0.3 is 0 Å². The van der Waals surface area contributed by atoms with Crippen molar-refractivity contribution in [2.45, 2.75) is 39.3 Å². The number of fused-ring (bicyclic) bond motifs is 1. The fourth-order valence-corrected chi connectivity index (χ4v) is 5.35. The zero-order valence-electron chi connectivity index (χ0n) is 25.6. The first kappa shape index (κ1) is 29.7. The monoisotopic (exact) mass is 568 g/mol. The molecule has 0 radical (unpaired) electrons. The summed E-state index contributed by atoms with van der Waals surface area (Å²) in [6.07, 6.45) is 2.82. The number of amides is 1. The number of imidazole rings is 1. The van der Waals surface area contributed by atoms with Crippen molar-refractivity contribution in [3.05, 3.63) is 71.9 Å². The first-order valence-corrected chi connectivity index (χ1v) is 14.9. The number of aromatic amines is 1. The van der Waals surface area contributed by atoms with Gasteiger partial charge in [-0.15, -0.1) is 0 Å². The Kier molecular flexibility index (Phi) is 9.21. The van der Waals surface area contributed by atoms with Gasteiger partial charge in [0.2, 0.25) is 0 Å². The van der Waals surface area contributed by atoms with Gasteiger partial charge in [0.25, 0.3) is 5.91 Å². The lowest BCUT2D eigenvalue weighted by molar-refractivity contribution is 0.0591. The average molecular weight is 569 g/mol. The summed E-state index contributed by atoms with van der Waals surface area (Å²) in [4.78, 5) is 33.1. The first-order valence-electron chi connectivity index (χ1n) is 14.9. The molecule has 0 bridgehead atoms. The highest BCUT2D eigenvalue weighted by molar-refractivity contribution is 6.08. The minimum absolute atomic E-state index is 0.148. The molecule has 0 saturated carbocycles. The van der Waals surface area contributed by atoms with E-state index in [9.17, 15) is 4.79 Å². The Morgan fingerprint density at radius 1 is 1.02 bits per heavy atom. The number of pyridine rings is 1. The average Bonchev–Trinajstić information content (AvgIpc) is 3.41. The molecule has 9 nitrogen and oxygen atoms in total. The predicted octanol–water partition coefficient (Wildman–Crippen LogP) is 5.16. The van der Waals surface area contributed by atoms with Gasteiger partial charge in [-0.25, -0.2) is 9.97 Å². The van der Waals surface area contributed by atoms with Crippen LogP contribution in [0.4, 0.5) is 11.5 Å². The van der Waals surface area contributed by atoms with E-state index in [1.165, 1.54) is 5.56 Å². The van der Waals surface area contributed by atoms with Crippen LogP contribution in [0.3, 0.4) is 0 Å². The summed E-state index contributed by atoms with van der Waals surface area (Å²) in [5, 5.41) is 6.47. The number of anilines is 2. The first-order chi connectivity index (χ1) is 20.2. The lowest BCUT2D eigenvalue weighted by Crippen LogP contribution is -2.53. The standard InChI is InChI=1S/C33H44N8O/c1-33(2,3)41-20-18-40(19-21-41)23-24-10-12-25(13-11-24)32(42)37-28-9-6-8-27-30(28)38-31(36-27)26-14-16-35-29(22-26)34-15-7-17-39(4)5/h6,8-14,16,22H,7,15,17-21,23H2,1-5H3,(H,34,35)(H,36,38)(H,37,42). The van der Waals surface area contributed by atoms with Gasteiger partial charge in [-0.1, -0.05) is 18.2 Å². The number of hydrogen-bond acceptors (Lipinski definition) is 7. The van der Waals surface area contributed by atoms with Crippen LogP contribution in [0.15, 0.2) is 60.8 Å². The molecule has 1 amide bonds. The zero-order valence-corrected chi connectivity index (χ0v) is 25.6. The number of nitrogens with zero attached hydrogens (tertiary/aromatic N) is 5. The van der Waals surface area contributed by atoms with Crippen LogP contribution in [-0.4, -0.2) is 94.5 Å². The van der Waals surface area contributed by atoms with Crippen LogP contribution >= 0.6 is 0 Å². The van der Waals surface area contributed by atoms with E-state index >= 15 is 0 Å². The second-order valence-electron chi connectivity index (χ2n) is 12.4. The quantitative estimate of drug-likeness (QED) is 0.228. The van der Waals surface area contributed by atoms with Crippen molar-refractivity contribution in [2.75, 3.05) is 64.0 Å². The normalized spacial score (nSPS) is 14.9. The summed E-state index contributed by atoms with van der Waals surface area (Å²) in [5.74, 6) is 1.40. The van der Waals surface area contributed by atoms with E-state index in [4.69, 9.17) is 4.98 Å². The zero-order chi connectivity index (χ0) is 29.7. The number of rotatable bonds is 10. The third-order valence-electron chi connectivity index (χ3n) is 7.83. The number of hydrogen-bond donors (Lipinski definition) is 3. The van der Waals surface area contributed by atoms with Gasteiger partial charge in [0.15, 0.2) is 0 Å². The van der Waals surface area contributed by atoms with Crippen molar-refractivity contribution in [1.82, 2.24) is 29.7 Å². The maximum Gasteiger partial charge on any atom is 0.255 e. The third kappa shape index (κ3) is 7.53. The molecule has 222 valence electrons. The van der Waals surface area contributed by atoms with Crippen molar-refractivity contribution in [3.8, 4) is 11.4 Å². The molecular weight excluding hydrogens is 524 g/mol. The van der Waals surface area contributed by atoms with E-state index in [0.29, 0.717) is 11.3 Å². The van der Waals surface area contributed by atoms with Crippen LogP contribution in [0.5, 0.6) is 0 Å². The molecule has 3 N–H and O–H groups in total. The van der Waals surface area contributed by atoms with Crippen molar-refractivity contribution in [2.24, 2.45) is 0 Å². The lowest BCUT2D eigenvalue weighted by Gasteiger charge is -2.42. The number of carbonyl (C=O) groups excluding carboxylic acids is 1. The van der Waals surface area contributed by atoms with Crippen molar-refractivity contribution >= 4 is 28.4 Å². The molecule has 0 aliphatic carbocycles. The van der Waals surface area contributed by atoms with E-state index < -0.39 is 0 Å². The van der Waals surface area contributed by atoms with Crippen molar-refractivity contribution < 1.29 is 4.79 Å².